The lowest BCUT2D eigenvalue weighted by Crippen LogP contribution is -2.39. The number of thioether (sulfide) groups is 1. The van der Waals surface area contributed by atoms with Gasteiger partial charge in [0.2, 0.25) is 0 Å². The van der Waals surface area contributed by atoms with Gasteiger partial charge in [-0.2, -0.15) is 18.2 Å². The van der Waals surface area contributed by atoms with E-state index in [-0.39, 0.29) is 29.0 Å². The molecule has 3 atom stereocenters. The number of piperidine rings is 1. The van der Waals surface area contributed by atoms with E-state index in [1.54, 1.807) is 24.9 Å². The van der Waals surface area contributed by atoms with Crippen molar-refractivity contribution in [2.24, 2.45) is 11.7 Å². The van der Waals surface area contributed by atoms with Gasteiger partial charge in [-0.25, -0.2) is 9.18 Å². The summed E-state index contributed by atoms with van der Waals surface area (Å²) in [5.41, 5.74) is 6.49. The van der Waals surface area contributed by atoms with Gasteiger partial charge in [0, 0.05) is 46.7 Å². The van der Waals surface area contributed by atoms with Gasteiger partial charge < -0.3 is 21.4 Å². The molecular weight excluding hydrogens is 655 g/mol. The van der Waals surface area contributed by atoms with E-state index in [9.17, 15) is 18.0 Å². The summed E-state index contributed by atoms with van der Waals surface area (Å²) in [4.78, 5) is 21.3. The predicted molar refractivity (Wildman–Crippen MR) is 187 cm³/mol. The molecule has 0 spiro atoms. The molecule has 8 nitrogen and oxygen atoms in total. The van der Waals surface area contributed by atoms with E-state index in [1.807, 2.05) is 24.5 Å². The molecule has 2 aromatic heterocycles. The molecule has 2 aromatic carbocycles. The molecule has 2 fully saturated rings. The van der Waals surface area contributed by atoms with E-state index in [0.29, 0.717) is 53.7 Å². The summed E-state index contributed by atoms with van der Waals surface area (Å²) in [6.45, 7) is 2.47. The van der Waals surface area contributed by atoms with Crippen molar-refractivity contribution in [3.05, 3.63) is 75.6 Å². The fraction of sp³-hybridized carbons (Fsp3) is 0.472. The Morgan fingerprint density at radius 3 is 2.69 bits per heavy atom. The fourth-order valence-corrected chi connectivity index (χ4v) is 7.61. The number of nitrogens with one attached hydrogen (secondary N) is 4. The van der Waals surface area contributed by atoms with Gasteiger partial charge in [-0.1, -0.05) is 12.5 Å². The SMILES string of the molecule is CSc1cc(-n2cc3cc(-c4cc(CCCC(N)C5CC5)cc(C(F)(F)F)c4F)[nH]c3nc2=O)ccc1[C@@H]1CCC[C@@H](CCNC(C)=N)N1. The summed E-state index contributed by atoms with van der Waals surface area (Å²) < 4.78 is 58.7. The maximum atomic E-state index is 15.5. The first-order chi connectivity index (χ1) is 23.4. The number of aromatic amines is 1. The van der Waals surface area contributed by atoms with Crippen molar-refractivity contribution < 1.29 is 17.6 Å². The highest BCUT2D eigenvalue weighted by atomic mass is 32.2. The molecule has 0 radical (unpaired) electrons. The van der Waals surface area contributed by atoms with E-state index in [2.05, 4.69) is 20.6 Å². The van der Waals surface area contributed by atoms with Gasteiger partial charge >= 0.3 is 11.9 Å². The van der Waals surface area contributed by atoms with Crippen molar-refractivity contribution in [1.82, 2.24) is 25.2 Å². The summed E-state index contributed by atoms with van der Waals surface area (Å²) in [5, 5.41) is 14.9. The number of halogens is 4. The Balaban J connectivity index is 1.27. The van der Waals surface area contributed by atoms with E-state index < -0.39 is 23.2 Å². The van der Waals surface area contributed by atoms with E-state index in [0.717, 1.165) is 61.6 Å². The second-order valence-electron chi connectivity index (χ2n) is 13.4. The van der Waals surface area contributed by atoms with Crippen LogP contribution in [0.2, 0.25) is 0 Å². The molecule has 1 unspecified atom stereocenters. The van der Waals surface area contributed by atoms with Crippen molar-refractivity contribution >= 4 is 28.6 Å². The monoisotopic (exact) mass is 697 g/mol. The second-order valence-corrected chi connectivity index (χ2v) is 14.2. The molecule has 1 aliphatic heterocycles. The molecule has 0 bridgehead atoms. The second kappa shape index (κ2) is 14.7. The molecule has 49 heavy (non-hydrogen) atoms. The molecule has 262 valence electrons. The zero-order valence-corrected chi connectivity index (χ0v) is 28.5. The summed E-state index contributed by atoms with van der Waals surface area (Å²) in [5.74, 6) is -0.420. The van der Waals surface area contributed by atoms with Gasteiger partial charge in [-0.15, -0.1) is 11.8 Å². The van der Waals surface area contributed by atoms with Crippen molar-refractivity contribution in [2.75, 3.05) is 12.8 Å². The quantitative estimate of drug-likeness (QED) is 0.0453. The Bertz CT molecular complexity index is 1880. The van der Waals surface area contributed by atoms with Crippen molar-refractivity contribution in [2.45, 2.75) is 93.9 Å². The highest BCUT2D eigenvalue weighted by Crippen LogP contribution is 2.39. The van der Waals surface area contributed by atoms with Crippen LogP contribution in [0.1, 0.15) is 81.0 Å². The molecule has 2 aliphatic rings. The zero-order valence-electron chi connectivity index (χ0n) is 27.7. The number of fused-ring (bicyclic) bond motifs is 1. The van der Waals surface area contributed by atoms with Crippen LogP contribution in [0.3, 0.4) is 0 Å². The minimum absolute atomic E-state index is 0.0325. The first-order valence-electron chi connectivity index (χ1n) is 16.9. The van der Waals surface area contributed by atoms with E-state index >= 15 is 4.39 Å². The van der Waals surface area contributed by atoms with E-state index in [4.69, 9.17) is 11.1 Å². The number of aromatic nitrogens is 3. The molecule has 1 saturated heterocycles. The highest BCUT2D eigenvalue weighted by Gasteiger charge is 2.36. The molecule has 0 amide bonds. The maximum absolute atomic E-state index is 15.5. The number of H-pyrrole nitrogens is 1. The number of aryl methyl sites for hydroxylation is 1. The zero-order chi connectivity index (χ0) is 34.9. The number of rotatable bonds is 12. The van der Waals surface area contributed by atoms with Crippen LogP contribution in [0, 0.1) is 17.1 Å². The average molecular weight is 698 g/mol. The smallest absolute Gasteiger partial charge is 0.374 e. The first-order valence-corrected chi connectivity index (χ1v) is 18.1. The number of amidine groups is 1. The molecule has 3 heterocycles. The number of hydrogen-bond acceptors (Lipinski definition) is 6. The normalized spacial score (nSPS) is 18.9. The molecule has 13 heteroatoms. The summed E-state index contributed by atoms with van der Waals surface area (Å²) in [6.07, 6.45) is 6.58. The van der Waals surface area contributed by atoms with Gasteiger partial charge in [0.15, 0.2) is 0 Å². The van der Waals surface area contributed by atoms with Crippen LogP contribution in [-0.4, -0.2) is 45.3 Å². The van der Waals surface area contributed by atoms with Crippen LogP contribution in [-0.2, 0) is 12.6 Å². The Kier molecular flexibility index (Phi) is 10.5. The Morgan fingerprint density at radius 2 is 1.98 bits per heavy atom. The lowest BCUT2D eigenvalue weighted by atomic mass is 9.92. The summed E-state index contributed by atoms with van der Waals surface area (Å²) in [7, 11) is 0. The largest absolute Gasteiger partial charge is 0.419 e. The van der Waals surface area contributed by atoms with Crippen molar-refractivity contribution in [3.63, 3.8) is 0 Å². The lowest BCUT2D eigenvalue weighted by Gasteiger charge is -2.32. The Morgan fingerprint density at radius 1 is 1.18 bits per heavy atom. The molecule has 6 N–H and O–H groups in total. The number of nitrogens with zero attached hydrogens (tertiary/aromatic N) is 2. The number of nitrogens with two attached hydrogens (primary N) is 1. The van der Waals surface area contributed by atoms with Crippen LogP contribution in [0.4, 0.5) is 17.6 Å². The lowest BCUT2D eigenvalue weighted by molar-refractivity contribution is -0.140. The summed E-state index contributed by atoms with van der Waals surface area (Å²) in [6, 6.07) is 10.2. The number of hydrogen-bond donors (Lipinski definition) is 5. The minimum Gasteiger partial charge on any atom is -0.374 e. The Labute approximate surface area is 287 Å². The third-order valence-electron chi connectivity index (χ3n) is 9.70. The minimum atomic E-state index is -4.87. The number of benzene rings is 2. The molecular formula is C36H43F4N7OS. The van der Waals surface area contributed by atoms with Crippen LogP contribution in [0.5, 0.6) is 0 Å². The summed E-state index contributed by atoms with van der Waals surface area (Å²) >= 11 is 1.59. The van der Waals surface area contributed by atoms with Gasteiger partial charge in [-0.3, -0.25) is 9.98 Å². The molecule has 1 aliphatic carbocycles. The van der Waals surface area contributed by atoms with Crippen LogP contribution >= 0.6 is 11.8 Å². The average Bonchev–Trinajstić information content (AvgIpc) is 3.84. The molecule has 6 rings (SSSR count). The topological polar surface area (TPSA) is 125 Å². The van der Waals surface area contributed by atoms with Crippen molar-refractivity contribution in [1.29, 1.82) is 5.41 Å². The van der Waals surface area contributed by atoms with E-state index in [1.165, 1.54) is 16.7 Å². The third-order valence-corrected chi connectivity index (χ3v) is 10.5. The van der Waals surface area contributed by atoms with Crippen LogP contribution in [0.25, 0.3) is 28.0 Å². The fourth-order valence-electron chi connectivity index (χ4n) is 6.92. The van der Waals surface area contributed by atoms with Crippen LogP contribution in [0.15, 0.2) is 52.3 Å². The molecule has 4 aromatic rings. The van der Waals surface area contributed by atoms with Gasteiger partial charge in [0.1, 0.15) is 11.5 Å². The van der Waals surface area contributed by atoms with Gasteiger partial charge in [0.25, 0.3) is 0 Å². The third kappa shape index (κ3) is 8.21. The predicted octanol–water partition coefficient (Wildman–Crippen LogP) is 7.48. The van der Waals surface area contributed by atoms with Gasteiger partial charge in [0.05, 0.1) is 22.8 Å². The first kappa shape index (κ1) is 35.2. The van der Waals surface area contributed by atoms with Gasteiger partial charge in [-0.05, 0) is 112 Å². The standard InChI is InChI=1S/C36H43F4N7OS/c1-20(41)43-14-13-24-6-4-8-30(44-24)26-12-11-25(18-32(26)49-2)47-19-23-17-31(45-34(23)46-35(47)48)27-15-21(5-3-7-29(42)22-9-10-22)16-28(33(27)37)36(38,39)40/h11-12,15-19,22,24,29-30,44H,3-10,13-14,42H2,1-2H3,(H2,41,43)(H,45,46,48)/t24-,29?,30-/m0/s1. The number of alkyl halides is 3. The van der Waals surface area contributed by atoms with Crippen LogP contribution < -0.4 is 22.1 Å². The molecule has 1 saturated carbocycles. The Hall–Kier alpha value is -3.68. The van der Waals surface area contributed by atoms with Crippen molar-refractivity contribution in [3.8, 4) is 16.9 Å². The maximum Gasteiger partial charge on any atom is 0.419 e. The highest BCUT2D eigenvalue weighted by molar-refractivity contribution is 7.98.